The van der Waals surface area contributed by atoms with Crippen LogP contribution >= 0.6 is 23.2 Å². The number of carbonyl (C=O) groups is 4. The Morgan fingerprint density at radius 1 is 0.805 bits per heavy atom. The zero-order chi connectivity index (χ0) is 30.2. The Morgan fingerprint density at radius 2 is 1.12 bits per heavy atom. The standard InChI is InChI=1S/2C14H15ClO5.H2O/c2*1-7(16)3-4-8-5-9-10(6-20-8)12(17)14(2,19)13(18)11(9)15;/h2*3-5,10,12,17,19H,6H2,1-2H3;1H2/b2*4-3+;/t2*10-,12-,14-;/m11./s1. The Kier molecular flexibility index (Phi) is 10.8. The van der Waals surface area contributed by atoms with Gasteiger partial charge in [-0.05, 0) is 75.3 Å². The molecule has 0 saturated heterocycles. The molecule has 0 unspecified atom stereocenters. The van der Waals surface area contributed by atoms with E-state index in [9.17, 15) is 39.6 Å². The molecule has 0 saturated carbocycles. The molecule has 0 fully saturated rings. The minimum atomic E-state index is -1.92. The van der Waals surface area contributed by atoms with Gasteiger partial charge in [0.05, 0.1) is 23.3 Å². The Balaban J connectivity index is 0.000000280. The summed E-state index contributed by atoms with van der Waals surface area (Å²) in [4.78, 5) is 45.7. The van der Waals surface area contributed by atoms with E-state index in [4.69, 9.17) is 32.7 Å². The second-order valence-corrected chi connectivity index (χ2v) is 11.0. The first-order valence-electron chi connectivity index (χ1n) is 12.3. The Bertz CT molecular complexity index is 1210. The molecule has 0 aromatic carbocycles. The first-order valence-corrected chi connectivity index (χ1v) is 13.0. The molecule has 6 atom stereocenters. The van der Waals surface area contributed by atoms with Crippen molar-refractivity contribution in [1.82, 2.24) is 0 Å². The van der Waals surface area contributed by atoms with Crippen molar-refractivity contribution in [2.75, 3.05) is 13.2 Å². The molecule has 0 spiro atoms. The smallest absolute Gasteiger partial charge is 0.208 e. The van der Waals surface area contributed by atoms with Gasteiger partial charge in [0.25, 0.3) is 0 Å². The summed E-state index contributed by atoms with van der Waals surface area (Å²) in [5, 5.41) is 40.0. The van der Waals surface area contributed by atoms with Crippen LogP contribution in [0.2, 0.25) is 0 Å². The van der Waals surface area contributed by atoms with E-state index in [1.165, 1.54) is 64.2 Å². The summed E-state index contributed by atoms with van der Waals surface area (Å²) in [6.07, 6.45) is 6.04. The van der Waals surface area contributed by atoms with Crippen molar-refractivity contribution >= 4 is 46.3 Å². The van der Waals surface area contributed by atoms with Gasteiger partial charge in [-0.2, -0.15) is 0 Å². The monoisotopic (exact) mass is 614 g/mol. The molecule has 13 heteroatoms. The van der Waals surface area contributed by atoms with E-state index < -0.39 is 46.8 Å². The summed E-state index contributed by atoms with van der Waals surface area (Å²) in [6, 6.07) is 0. The average molecular weight is 615 g/mol. The van der Waals surface area contributed by atoms with Crippen molar-refractivity contribution in [3.05, 3.63) is 69.2 Å². The van der Waals surface area contributed by atoms with E-state index in [0.717, 1.165) is 0 Å². The van der Waals surface area contributed by atoms with Crippen LogP contribution in [0.3, 0.4) is 0 Å². The van der Waals surface area contributed by atoms with Crippen molar-refractivity contribution in [2.45, 2.75) is 51.1 Å². The van der Waals surface area contributed by atoms with Crippen LogP contribution in [0.15, 0.2) is 69.2 Å². The molecule has 0 radical (unpaired) electrons. The maximum absolute atomic E-state index is 11.9. The SMILES string of the molecule is CC(=O)/C=C/C1=CC2=C(Cl)C(=O)[C@](C)(O)[C@H](O)[C@@H]2CO1.CC(=O)/C=C/C1=CC2=C(Cl)C(=O)[C@](C)(O)[C@H](O)[C@@H]2CO1.O. The van der Waals surface area contributed by atoms with Crippen LogP contribution in [0.5, 0.6) is 0 Å². The third-order valence-corrected chi connectivity index (χ3v) is 7.74. The Labute approximate surface area is 246 Å². The molecule has 0 aromatic rings. The van der Waals surface area contributed by atoms with Crippen LogP contribution in [0.1, 0.15) is 27.7 Å². The van der Waals surface area contributed by atoms with Gasteiger partial charge in [-0.25, -0.2) is 0 Å². The number of hydrogen-bond acceptors (Lipinski definition) is 10. The second-order valence-electron chi connectivity index (χ2n) is 10.2. The van der Waals surface area contributed by atoms with Gasteiger partial charge in [0.2, 0.25) is 11.6 Å². The lowest BCUT2D eigenvalue weighted by atomic mass is 9.75. The number of allylic oxidation sites excluding steroid dienone is 6. The molecule has 6 N–H and O–H groups in total. The summed E-state index contributed by atoms with van der Waals surface area (Å²) in [7, 11) is 0. The Morgan fingerprint density at radius 3 is 1.41 bits per heavy atom. The minimum absolute atomic E-state index is 0. The fourth-order valence-corrected chi connectivity index (χ4v) is 5.25. The van der Waals surface area contributed by atoms with Crippen LogP contribution < -0.4 is 0 Å². The molecule has 0 bridgehead atoms. The van der Waals surface area contributed by atoms with Gasteiger partial charge in [0, 0.05) is 11.8 Å². The molecular weight excluding hydrogens is 583 g/mol. The predicted molar refractivity (Wildman–Crippen MR) is 147 cm³/mol. The third-order valence-electron chi connectivity index (χ3n) is 6.96. The van der Waals surface area contributed by atoms with Crippen molar-refractivity contribution in [1.29, 1.82) is 0 Å². The fourth-order valence-electron chi connectivity index (χ4n) is 4.48. The number of Topliss-reactive ketones (excluding diaryl/α,β-unsaturated/α-hetero) is 2. The molecule has 2 heterocycles. The van der Waals surface area contributed by atoms with Gasteiger partial charge in [0.1, 0.15) is 23.7 Å². The number of fused-ring (bicyclic) bond motifs is 2. The van der Waals surface area contributed by atoms with Crippen molar-refractivity contribution in [3.63, 3.8) is 0 Å². The molecule has 4 aliphatic rings. The molecule has 0 amide bonds. The van der Waals surface area contributed by atoms with Crippen molar-refractivity contribution in [2.24, 2.45) is 11.8 Å². The third kappa shape index (κ3) is 6.95. The highest BCUT2D eigenvalue weighted by molar-refractivity contribution is 6.45. The van der Waals surface area contributed by atoms with Gasteiger partial charge >= 0.3 is 0 Å². The molecule has 0 aromatic heterocycles. The number of aliphatic hydroxyl groups excluding tert-OH is 2. The quantitative estimate of drug-likeness (QED) is 0.329. The Hall–Kier alpha value is -2.90. The number of halogens is 2. The lowest BCUT2D eigenvalue weighted by Gasteiger charge is -2.40. The number of rotatable bonds is 4. The molecule has 2 aliphatic heterocycles. The van der Waals surface area contributed by atoms with Gasteiger partial charge in [-0.15, -0.1) is 0 Å². The lowest BCUT2D eigenvalue weighted by Crippen LogP contribution is -2.55. The predicted octanol–water partition coefficient (Wildman–Crippen LogP) is 0.874. The second kappa shape index (κ2) is 13.0. The van der Waals surface area contributed by atoms with Crippen LogP contribution in [0.25, 0.3) is 0 Å². The molecule has 4 rings (SSSR count). The normalized spacial score (nSPS) is 33.0. The lowest BCUT2D eigenvalue weighted by molar-refractivity contribution is -0.151. The number of carbonyl (C=O) groups excluding carboxylic acids is 4. The molecular formula is C28H32Cl2O11. The number of hydrogen-bond donors (Lipinski definition) is 4. The van der Waals surface area contributed by atoms with Crippen LogP contribution in [-0.2, 0) is 28.7 Å². The topological polar surface area (TPSA) is 199 Å². The summed E-state index contributed by atoms with van der Waals surface area (Å²) < 4.78 is 10.8. The number of aliphatic hydroxyl groups is 4. The molecule has 11 nitrogen and oxygen atoms in total. The largest absolute Gasteiger partial charge is 0.493 e. The zero-order valence-corrected chi connectivity index (χ0v) is 24.2. The molecule has 224 valence electrons. The van der Waals surface area contributed by atoms with Crippen LogP contribution in [-0.4, -0.2) is 85.7 Å². The highest BCUT2D eigenvalue weighted by Gasteiger charge is 2.52. The summed E-state index contributed by atoms with van der Waals surface area (Å²) in [5.74, 6) is -2.11. The van der Waals surface area contributed by atoms with Gasteiger partial charge in [-0.1, -0.05) is 23.2 Å². The summed E-state index contributed by atoms with van der Waals surface area (Å²) >= 11 is 12.0. The van der Waals surface area contributed by atoms with E-state index in [1.54, 1.807) is 0 Å². The van der Waals surface area contributed by atoms with Gasteiger partial charge < -0.3 is 35.4 Å². The number of ketones is 4. The van der Waals surface area contributed by atoms with Crippen LogP contribution in [0, 0.1) is 11.8 Å². The van der Waals surface area contributed by atoms with E-state index in [-0.39, 0.29) is 40.3 Å². The highest BCUT2D eigenvalue weighted by atomic mass is 35.5. The fraction of sp³-hybridized carbons (Fsp3) is 0.429. The first kappa shape index (κ1) is 34.3. The number of ether oxygens (including phenoxy) is 2. The molecule has 2 aliphatic carbocycles. The van der Waals surface area contributed by atoms with E-state index in [2.05, 4.69) is 0 Å². The minimum Gasteiger partial charge on any atom is -0.493 e. The molecule has 41 heavy (non-hydrogen) atoms. The van der Waals surface area contributed by atoms with E-state index in [0.29, 0.717) is 22.7 Å². The van der Waals surface area contributed by atoms with Gasteiger partial charge in [-0.3, -0.25) is 19.2 Å². The maximum Gasteiger partial charge on any atom is 0.208 e. The zero-order valence-electron chi connectivity index (χ0n) is 22.7. The van der Waals surface area contributed by atoms with Crippen molar-refractivity contribution in [3.8, 4) is 0 Å². The summed E-state index contributed by atoms with van der Waals surface area (Å²) in [6.45, 7) is 5.41. The first-order chi connectivity index (χ1) is 18.5. The van der Waals surface area contributed by atoms with Crippen LogP contribution in [0.4, 0.5) is 0 Å². The maximum atomic E-state index is 11.9. The average Bonchev–Trinajstić information content (AvgIpc) is 2.91. The highest BCUT2D eigenvalue weighted by Crippen LogP contribution is 2.41. The van der Waals surface area contributed by atoms with Gasteiger partial charge in [0.15, 0.2) is 22.8 Å². The summed E-state index contributed by atoms with van der Waals surface area (Å²) in [5.41, 5.74) is -3.00. The van der Waals surface area contributed by atoms with E-state index in [1.807, 2.05) is 0 Å². The van der Waals surface area contributed by atoms with Crippen molar-refractivity contribution < 1.29 is 54.6 Å². The van der Waals surface area contributed by atoms with E-state index >= 15 is 0 Å².